The quantitative estimate of drug-likeness (QED) is 0.434. The number of carbonyl (C=O) groups excluding carboxylic acids is 1. The van der Waals surface area contributed by atoms with Crippen molar-refractivity contribution in [3.63, 3.8) is 0 Å². The molecule has 0 aliphatic carbocycles. The minimum absolute atomic E-state index is 0.176. The van der Waals surface area contributed by atoms with Crippen LogP contribution in [0.25, 0.3) is 17.0 Å². The van der Waals surface area contributed by atoms with Crippen LogP contribution in [0.2, 0.25) is 0 Å². The number of hydrogen-bond acceptors (Lipinski definition) is 4. The van der Waals surface area contributed by atoms with E-state index in [0.29, 0.717) is 37.0 Å². The molecule has 0 bridgehead atoms. The van der Waals surface area contributed by atoms with Gasteiger partial charge in [0.15, 0.2) is 11.5 Å². The number of rotatable bonds is 5. The molecular formula is C27H22N2O3. The molecule has 0 saturated carbocycles. The van der Waals surface area contributed by atoms with Gasteiger partial charge in [-0.25, -0.2) is 4.98 Å². The summed E-state index contributed by atoms with van der Waals surface area (Å²) in [5.41, 5.74) is 2.99. The highest BCUT2D eigenvalue weighted by molar-refractivity contribution is 6.06. The Kier molecular flexibility index (Phi) is 5.54. The van der Waals surface area contributed by atoms with Crippen LogP contribution in [0, 0.1) is 0 Å². The van der Waals surface area contributed by atoms with Gasteiger partial charge in [0.2, 0.25) is 0 Å². The smallest absolute Gasteiger partial charge is 0.277 e. The third-order valence-corrected chi connectivity index (χ3v) is 5.30. The Hall–Kier alpha value is -4.12. The van der Waals surface area contributed by atoms with Gasteiger partial charge < -0.3 is 14.4 Å². The molecule has 1 amide bonds. The number of pyridine rings is 1. The number of anilines is 1. The summed E-state index contributed by atoms with van der Waals surface area (Å²) in [6, 6.07) is 27.1. The van der Waals surface area contributed by atoms with Gasteiger partial charge in [0, 0.05) is 23.7 Å². The van der Waals surface area contributed by atoms with Gasteiger partial charge in [0.05, 0.1) is 5.52 Å². The van der Waals surface area contributed by atoms with E-state index in [0.717, 1.165) is 22.2 Å². The predicted molar refractivity (Wildman–Crippen MR) is 126 cm³/mol. The van der Waals surface area contributed by atoms with E-state index >= 15 is 0 Å². The Bertz CT molecular complexity index is 1280. The van der Waals surface area contributed by atoms with Crippen LogP contribution in [0.5, 0.6) is 11.5 Å². The fourth-order valence-corrected chi connectivity index (χ4v) is 3.69. The summed E-state index contributed by atoms with van der Waals surface area (Å²) < 4.78 is 11.4. The number of benzene rings is 3. The summed E-state index contributed by atoms with van der Waals surface area (Å²) in [6.07, 6.45) is 3.98. The molecule has 1 aliphatic rings. The number of aromatic nitrogens is 1. The van der Waals surface area contributed by atoms with Gasteiger partial charge in [-0.1, -0.05) is 66.7 Å². The van der Waals surface area contributed by atoms with Crippen molar-refractivity contribution in [1.82, 2.24) is 4.98 Å². The third kappa shape index (κ3) is 4.18. The Morgan fingerprint density at radius 1 is 0.875 bits per heavy atom. The maximum atomic E-state index is 13.6. The van der Waals surface area contributed by atoms with Gasteiger partial charge in [-0.3, -0.25) is 4.79 Å². The number of fused-ring (bicyclic) bond motifs is 2. The van der Waals surface area contributed by atoms with E-state index in [1.807, 2.05) is 91.0 Å². The third-order valence-electron chi connectivity index (χ3n) is 5.30. The fraction of sp³-hybridized carbons (Fsp3) is 0.111. The number of amides is 1. The molecule has 158 valence electrons. The molecule has 0 N–H and O–H groups in total. The van der Waals surface area contributed by atoms with E-state index < -0.39 is 0 Å². The van der Waals surface area contributed by atoms with Crippen molar-refractivity contribution in [2.45, 2.75) is 0 Å². The molecule has 5 heteroatoms. The Morgan fingerprint density at radius 2 is 1.66 bits per heavy atom. The second-order valence-electron chi connectivity index (χ2n) is 7.45. The van der Waals surface area contributed by atoms with Crippen LogP contribution in [-0.2, 0) is 0 Å². The van der Waals surface area contributed by atoms with E-state index in [4.69, 9.17) is 9.47 Å². The number of nitrogens with zero attached hydrogens (tertiary/aromatic N) is 2. The van der Waals surface area contributed by atoms with Crippen molar-refractivity contribution in [1.29, 1.82) is 0 Å². The molecule has 1 aromatic heterocycles. The van der Waals surface area contributed by atoms with Crippen molar-refractivity contribution < 1.29 is 14.3 Å². The van der Waals surface area contributed by atoms with E-state index in [9.17, 15) is 4.79 Å². The molecular weight excluding hydrogens is 400 g/mol. The second-order valence-corrected chi connectivity index (χ2v) is 7.45. The van der Waals surface area contributed by atoms with E-state index in [2.05, 4.69) is 4.98 Å². The monoisotopic (exact) mass is 422 g/mol. The summed E-state index contributed by atoms with van der Waals surface area (Å²) in [5, 5.41) is 0.999. The average molecular weight is 422 g/mol. The summed E-state index contributed by atoms with van der Waals surface area (Å²) in [4.78, 5) is 19.9. The SMILES string of the molecule is O=C(c1ccc2ccccc2n1)N(C/C=C/c1ccccc1)c1ccc2c(c1)OCCO2. The number of carbonyl (C=O) groups is 1. The summed E-state index contributed by atoms with van der Waals surface area (Å²) in [5.74, 6) is 1.16. The van der Waals surface area contributed by atoms with Crippen molar-refractivity contribution in [2.24, 2.45) is 0 Å². The minimum Gasteiger partial charge on any atom is -0.486 e. The average Bonchev–Trinajstić information content (AvgIpc) is 2.86. The first-order valence-electron chi connectivity index (χ1n) is 10.6. The molecule has 0 radical (unpaired) electrons. The molecule has 0 unspecified atom stereocenters. The zero-order chi connectivity index (χ0) is 21.8. The van der Waals surface area contributed by atoms with Crippen LogP contribution in [0.15, 0.2) is 91.0 Å². The minimum atomic E-state index is -0.176. The maximum Gasteiger partial charge on any atom is 0.277 e. The maximum absolute atomic E-state index is 13.6. The topological polar surface area (TPSA) is 51.7 Å². The molecule has 32 heavy (non-hydrogen) atoms. The van der Waals surface area contributed by atoms with E-state index in [-0.39, 0.29) is 5.91 Å². The van der Waals surface area contributed by atoms with Crippen molar-refractivity contribution in [2.75, 3.05) is 24.7 Å². The molecule has 0 atom stereocenters. The number of hydrogen-bond donors (Lipinski definition) is 0. The second kappa shape index (κ2) is 8.94. The lowest BCUT2D eigenvalue weighted by Gasteiger charge is -2.24. The first kappa shape index (κ1) is 19.8. The van der Waals surface area contributed by atoms with Crippen molar-refractivity contribution in [3.8, 4) is 11.5 Å². The fourth-order valence-electron chi connectivity index (χ4n) is 3.69. The van der Waals surface area contributed by atoms with Crippen molar-refractivity contribution >= 4 is 28.6 Å². The van der Waals surface area contributed by atoms with Crippen LogP contribution < -0.4 is 14.4 Å². The highest BCUT2D eigenvalue weighted by Gasteiger charge is 2.21. The summed E-state index contributed by atoms with van der Waals surface area (Å²) >= 11 is 0. The Morgan fingerprint density at radius 3 is 2.53 bits per heavy atom. The molecule has 5 nitrogen and oxygen atoms in total. The van der Waals surface area contributed by atoms with Crippen molar-refractivity contribution in [3.05, 3.63) is 102 Å². The van der Waals surface area contributed by atoms with Crippen LogP contribution in [-0.4, -0.2) is 30.6 Å². The molecule has 4 aromatic rings. The highest BCUT2D eigenvalue weighted by atomic mass is 16.6. The summed E-state index contributed by atoms with van der Waals surface area (Å²) in [7, 11) is 0. The zero-order valence-corrected chi connectivity index (χ0v) is 17.5. The lowest BCUT2D eigenvalue weighted by Crippen LogP contribution is -2.32. The van der Waals surface area contributed by atoms with E-state index in [1.165, 1.54) is 0 Å². The molecule has 0 spiro atoms. The highest BCUT2D eigenvalue weighted by Crippen LogP contribution is 2.34. The standard InChI is InChI=1S/C27H22N2O3/c30-27(24-14-12-21-10-4-5-11-23(21)28-24)29(16-6-9-20-7-2-1-3-8-20)22-13-15-25-26(19-22)32-18-17-31-25/h1-15,19H,16-18H2/b9-6+. The Labute approximate surface area is 186 Å². The molecule has 2 heterocycles. The van der Waals surface area contributed by atoms with Gasteiger partial charge in [0.1, 0.15) is 18.9 Å². The lowest BCUT2D eigenvalue weighted by molar-refractivity contribution is 0.0985. The van der Waals surface area contributed by atoms with Gasteiger partial charge in [-0.05, 0) is 29.8 Å². The van der Waals surface area contributed by atoms with Crippen LogP contribution in [0.1, 0.15) is 16.1 Å². The normalized spacial score (nSPS) is 12.8. The van der Waals surface area contributed by atoms with Crippen LogP contribution in [0.3, 0.4) is 0 Å². The van der Waals surface area contributed by atoms with Gasteiger partial charge in [-0.2, -0.15) is 0 Å². The molecule has 5 rings (SSSR count). The number of para-hydroxylation sites is 1. The Balaban J connectivity index is 1.49. The molecule has 1 aliphatic heterocycles. The zero-order valence-electron chi connectivity index (χ0n) is 17.5. The predicted octanol–water partition coefficient (Wildman–Crippen LogP) is 5.37. The first-order valence-corrected chi connectivity index (χ1v) is 10.6. The summed E-state index contributed by atoms with van der Waals surface area (Å²) in [6.45, 7) is 1.40. The number of ether oxygens (including phenoxy) is 2. The molecule has 0 fully saturated rings. The van der Waals surface area contributed by atoms with Gasteiger partial charge in [-0.15, -0.1) is 0 Å². The van der Waals surface area contributed by atoms with Crippen LogP contribution in [0.4, 0.5) is 5.69 Å². The largest absolute Gasteiger partial charge is 0.486 e. The van der Waals surface area contributed by atoms with Gasteiger partial charge >= 0.3 is 0 Å². The lowest BCUT2D eigenvalue weighted by atomic mass is 10.1. The van der Waals surface area contributed by atoms with Crippen LogP contribution >= 0.6 is 0 Å². The molecule has 3 aromatic carbocycles. The van der Waals surface area contributed by atoms with Gasteiger partial charge in [0.25, 0.3) is 5.91 Å². The van der Waals surface area contributed by atoms with E-state index in [1.54, 1.807) is 11.0 Å². The molecule has 0 saturated heterocycles. The first-order chi connectivity index (χ1) is 15.8.